The summed E-state index contributed by atoms with van der Waals surface area (Å²) >= 11 is 0. The van der Waals surface area contributed by atoms with E-state index >= 15 is 0 Å². The van der Waals surface area contributed by atoms with Gasteiger partial charge in [0.15, 0.2) is 0 Å². The average molecular weight is 180 g/mol. The normalized spacial score (nSPS) is 41.0. The molecule has 0 saturated heterocycles. The maximum absolute atomic E-state index is 11.4. The molecule has 0 radical (unpaired) electrons. The van der Waals surface area contributed by atoms with Crippen LogP contribution < -0.4 is 0 Å². The lowest BCUT2D eigenvalue weighted by Gasteiger charge is -2.39. The van der Waals surface area contributed by atoms with Crippen LogP contribution in [0.3, 0.4) is 0 Å². The first-order valence-electron chi connectivity index (χ1n) is 5.72. The maximum atomic E-state index is 11.4. The van der Waals surface area contributed by atoms with Gasteiger partial charge in [-0.1, -0.05) is 26.2 Å². The molecule has 0 amide bonds. The standard InChI is InChI=1S/C12H20O/c1-12-8-4-2-3-5-10(12)6-7-11(13)9-12/h10H,2-9H2,1H3/t10-,12-/m0/s1. The van der Waals surface area contributed by atoms with E-state index < -0.39 is 0 Å². The first-order chi connectivity index (χ1) is 6.21. The maximum Gasteiger partial charge on any atom is 0.133 e. The molecule has 0 aromatic rings. The molecular weight excluding hydrogens is 160 g/mol. The van der Waals surface area contributed by atoms with E-state index in [2.05, 4.69) is 6.92 Å². The topological polar surface area (TPSA) is 17.1 Å². The van der Waals surface area contributed by atoms with Crippen LogP contribution in [-0.4, -0.2) is 5.78 Å². The number of ketones is 1. The van der Waals surface area contributed by atoms with E-state index in [1.54, 1.807) is 0 Å². The molecule has 0 spiro atoms. The molecule has 0 N–H and O–H groups in total. The molecule has 2 rings (SSSR count). The highest BCUT2D eigenvalue weighted by Gasteiger charge is 2.39. The fourth-order valence-corrected chi connectivity index (χ4v) is 3.25. The molecule has 0 heterocycles. The smallest absolute Gasteiger partial charge is 0.133 e. The highest BCUT2D eigenvalue weighted by molar-refractivity contribution is 5.80. The minimum atomic E-state index is 0.381. The summed E-state index contributed by atoms with van der Waals surface area (Å²) in [5, 5.41) is 0. The van der Waals surface area contributed by atoms with Crippen molar-refractivity contribution in [1.82, 2.24) is 0 Å². The SMILES string of the molecule is C[C@@]12CCCCC[C@H]1CCC(=O)C2. The van der Waals surface area contributed by atoms with Gasteiger partial charge < -0.3 is 0 Å². The molecule has 0 aromatic heterocycles. The van der Waals surface area contributed by atoms with Crippen molar-refractivity contribution in [2.24, 2.45) is 11.3 Å². The van der Waals surface area contributed by atoms with Gasteiger partial charge in [-0.25, -0.2) is 0 Å². The number of hydrogen-bond acceptors (Lipinski definition) is 1. The number of Topliss-reactive ketones (excluding diaryl/α,β-unsaturated/α-hetero) is 1. The predicted molar refractivity (Wildman–Crippen MR) is 53.5 cm³/mol. The van der Waals surface area contributed by atoms with Crippen molar-refractivity contribution in [3.05, 3.63) is 0 Å². The van der Waals surface area contributed by atoms with E-state index in [1.807, 2.05) is 0 Å². The van der Waals surface area contributed by atoms with Crippen LogP contribution in [0.25, 0.3) is 0 Å². The number of hydrogen-bond donors (Lipinski definition) is 0. The monoisotopic (exact) mass is 180 g/mol. The van der Waals surface area contributed by atoms with E-state index in [4.69, 9.17) is 0 Å². The first kappa shape index (κ1) is 9.23. The summed E-state index contributed by atoms with van der Waals surface area (Å²) in [5.41, 5.74) is 0.381. The molecule has 1 heteroatoms. The van der Waals surface area contributed by atoms with Crippen molar-refractivity contribution in [3.63, 3.8) is 0 Å². The van der Waals surface area contributed by atoms with Crippen molar-refractivity contribution < 1.29 is 4.79 Å². The third kappa shape index (κ3) is 1.79. The van der Waals surface area contributed by atoms with Gasteiger partial charge in [0, 0.05) is 12.8 Å². The molecular formula is C12H20O. The second-order valence-corrected chi connectivity index (χ2v) is 5.20. The summed E-state index contributed by atoms with van der Waals surface area (Å²) in [5.74, 6) is 1.37. The van der Waals surface area contributed by atoms with Gasteiger partial charge in [-0.3, -0.25) is 4.79 Å². The molecule has 2 atom stereocenters. The Kier molecular flexibility index (Phi) is 2.44. The third-order valence-electron chi connectivity index (χ3n) is 4.16. The second-order valence-electron chi connectivity index (χ2n) is 5.20. The molecule has 2 aliphatic carbocycles. The van der Waals surface area contributed by atoms with E-state index in [-0.39, 0.29) is 0 Å². The zero-order chi connectivity index (χ0) is 9.31. The second kappa shape index (κ2) is 3.43. The van der Waals surface area contributed by atoms with Crippen LogP contribution in [0.5, 0.6) is 0 Å². The van der Waals surface area contributed by atoms with Crippen molar-refractivity contribution in [2.45, 2.75) is 58.3 Å². The number of carbonyl (C=O) groups excluding carboxylic acids is 1. The molecule has 0 aromatic carbocycles. The minimum absolute atomic E-state index is 0.381. The van der Waals surface area contributed by atoms with Crippen LogP contribution >= 0.6 is 0 Å². The number of rotatable bonds is 0. The molecule has 0 bridgehead atoms. The van der Waals surface area contributed by atoms with Gasteiger partial charge in [0.1, 0.15) is 5.78 Å². The minimum Gasteiger partial charge on any atom is -0.300 e. The van der Waals surface area contributed by atoms with E-state index in [9.17, 15) is 4.79 Å². The molecule has 74 valence electrons. The summed E-state index contributed by atoms with van der Waals surface area (Å²) in [4.78, 5) is 11.4. The Morgan fingerprint density at radius 3 is 2.92 bits per heavy atom. The van der Waals surface area contributed by atoms with Gasteiger partial charge in [-0.05, 0) is 30.6 Å². The van der Waals surface area contributed by atoms with Crippen LogP contribution in [0.2, 0.25) is 0 Å². The molecule has 0 aliphatic heterocycles. The van der Waals surface area contributed by atoms with Gasteiger partial charge >= 0.3 is 0 Å². The Bertz CT molecular complexity index is 209. The quantitative estimate of drug-likeness (QED) is 0.559. The van der Waals surface area contributed by atoms with Crippen molar-refractivity contribution >= 4 is 5.78 Å². The van der Waals surface area contributed by atoms with Gasteiger partial charge in [-0.2, -0.15) is 0 Å². The van der Waals surface area contributed by atoms with Crippen molar-refractivity contribution in [3.8, 4) is 0 Å². The number of fused-ring (bicyclic) bond motifs is 1. The van der Waals surface area contributed by atoms with Crippen LogP contribution in [-0.2, 0) is 4.79 Å². The van der Waals surface area contributed by atoms with Gasteiger partial charge in [0.05, 0.1) is 0 Å². The lowest BCUT2D eigenvalue weighted by atomic mass is 9.65. The Morgan fingerprint density at radius 1 is 1.23 bits per heavy atom. The first-order valence-corrected chi connectivity index (χ1v) is 5.72. The van der Waals surface area contributed by atoms with Crippen LogP contribution in [0.15, 0.2) is 0 Å². The summed E-state index contributed by atoms with van der Waals surface area (Å²) < 4.78 is 0. The summed E-state index contributed by atoms with van der Waals surface area (Å²) in [7, 11) is 0. The van der Waals surface area contributed by atoms with Crippen LogP contribution in [0.4, 0.5) is 0 Å². The zero-order valence-corrected chi connectivity index (χ0v) is 8.64. The van der Waals surface area contributed by atoms with E-state index in [0.29, 0.717) is 11.2 Å². The van der Waals surface area contributed by atoms with Gasteiger partial charge in [0.2, 0.25) is 0 Å². The molecule has 0 unspecified atom stereocenters. The third-order valence-corrected chi connectivity index (χ3v) is 4.16. The fourth-order valence-electron chi connectivity index (χ4n) is 3.25. The lowest BCUT2D eigenvalue weighted by Crippen LogP contribution is -2.34. The lowest BCUT2D eigenvalue weighted by molar-refractivity contribution is -0.125. The molecule has 2 saturated carbocycles. The van der Waals surface area contributed by atoms with Gasteiger partial charge in [-0.15, -0.1) is 0 Å². The Morgan fingerprint density at radius 2 is 2.08 bits per heavy atom. The zero-order valence-electron chi connectivity index (χ0n) is 8.64. The largest absolute Gasteiger partial charge is 0.300 e. The van der Waals surface area contributed by atoms with Gasteiger partial charge in [0.25, 0.3) is 0 Å². The molecule has 2 fully saturated rings. The Hall–Kier alpha value is -0.330. The average Bonchev–Trinajstić information content (AvgIpc) is 2.24. The molecule has 1 nitrogen and oxygen atoms in total. The Labute approximate surface area is 80.9 Å². The van der Waals surface area contributed by atoms with Crippen molar-refractivity contribution in [2.75, 3.05) is 0 Å². The predicted octanol–water partition coefficient (Wildman–Crippen LogP) is 3.33. The van der Waals surface area contributed by atoms with E-state index in [0.717, 1.165) is 18.8 Å². The van der Waals surface area contributed by atoms with E-state index in [1.165, 1.54) is 38.5 Å². The molecule has 13 heavy (non-hydrogen) atoms. The highest BCUT2D eigenvalue weighted by atomic mass is 16.1. The summed E-state index contributed by atoms with van der Waals surface area (Å²) in [6.45, 7) is 2.35. The highest BCUT2D eigenvalue weighted by Crippen LogP contribution is 2.47. The summed E-state index contributed by atoms with van der Waals surface area (Å²) in [6, 6.07) is 0. The van der Waals surface area contributed by atoms with Crippen LogP contribution in [0, 0.1) is 11.3 Å². The summed E-state index contributed by atoms with van der Waals surface area (Å²) in [6.07, 6.45) is 9.72. The molecule has 2 aliphatic rings. The van der Waals surface area contributed by atoms with Crippen molar-refractivity contribution in [1.29, 1.82) is 0 Å². The van der Waals surface area contributed by atoms with Crippen LogP contribution in [0.1, 0.15) is 58.3 Å². The Balaban J connectivity index is 2.13. The fraction of sp³-hybridized carbons (Fsp3) is 0.917. The number of carbonyl (C=O) groups is 1.